The van der Waals surface area contributed by atoms with Crippen LogP contribution in [0.3, 0.4) is 0 Å². The smallest absolute Gasteiger partial charge is 0.184 e. The minimum atomic E-state index is 0.0347. The molecule has 0 fully saturated rings. The van der Waals surface area contributed by atoms with Crippen molar-refractivity contribution in [1.29, 1.82) is 5.41 Å². The molecule has 0 heterocycles. The molecule has 0 saturated heterocycles. The van der Waals surface area contributed by atoms with Gasteiger partial charge in [0.15, 0.2) is 12.1 Å². The maximum Gasteiger partial charge on any atom is 0.184 e. The van der Waals surface area contributed by atoms with E-state index in [1.54, 1.807) is 11.9 Å². The van der Waals surface area contributed by atoms with Gasteiger partial charge in [-0.15, -0.1) is 0 Å². The first kappa shape index (κ1) is 7.14. The van der Waals surface area contributed by atoms with E-state index in [9.17, 15) is 4.79 Å². The summed E-state index contributed by atoms with van der Waals surface area (Å²) in [5, 5.41) is 6.90. The number of carbonyl (C=O) groups is 1. The second kappa shape index (κ2) is 3.18. The summed E-state index contributed by atoms with van der Waals surface area (Å²) >= 11 is 0. The molecule has 0 atom stereocenters. The molecule has 0 aliphatic heterocycles. The van der Waals surface area contributed by atoms with Crippen molar-refractivity contribution in [1.82, 2.24) is 4.90 Å². The minimum absolute atomic E-state index is 0.0347. The number of rotatable bonds is 2. The average molecular weight is 114 g/mol. The fraction of sp³-hybridized carbons (Fsp3) is 0.600. The lowest BCUT2D eigenvalue weighted by Crippen LogP contribution is -2.26. The molecular formula is C5H10N2O. The monoisotopic (exact) mass is 114 g/mol. The van der Waals surface area contributed by atoms with Crippen molar-refractivity contribution in [2.24, 2.45) is 0 Å². The minimum Gasteiger partial charge on any atom is -0.358 e. The van der Waals surface area contributed by atoms with Crippen molar-refractivity contribution < 1.29 is 4.79 Å². The van der Waals surface area contributed by atoms with Gasteiger partial charge >= 0.3 is 0 Å². The Kier molecular flexibility index (Phi) is 2.84. The van der Waals surface area contributed by atoms with Crippen LogP contribution in [0.1, 0.15) is 6.92 Å². The molecule has 46 valence electrons. The summed E-state index contributed by atoms with van der Waals surface area (Å²) in [5.74, 6) is 0.0347. The zero-order chi connectivity index (χ0) is 6.57. The molecule has 0 unspecified atom stereocenters. The lowest BCUT2D eigenvalue weighted by atomic mass is 10.5. The number of nitrogens with zero attached hydrogens (tertiary/aromatic N) is 1. The largest absolute Gasteiger partial charge is 0.358 e. The van der Waals surface area contributed by atoms with Gasteiger partial charge in [0.2, 0.25) is 0 Å². The van der Waals surface area contributed by atoms with E-state index in [-0.39, 0.29) is 5.84 Å². The van der Waals surface area contributed by atoms with Crippen molar-refractivity contribution in [3.63, 3.8) is 0 Å². The summed E-state index contributed by atoms with van der Waals surface area (Å²) in [5.41, 5.74) is 0. The normalized spacial score (nSPS) is 8.25. The lowest BCUT2D eigenvalue weighted by molar-refractivity contribution is -0.103. The highest BCUT2D eigenvalue weighted by Crippen LogP contribution is 1.77. The van der Waals surface area contributed by atoms with E-state index >= 15 is 0 Å². The molecule has 0 amide bonds. The number of likely N-dealkylation sites (N-methyl/N-ethyl adjacent to an activating group) is 1. The maximum atomic E-state index is 9.84. The molecule has 0 rings (SSSR count). The fourth-order valence-corrected chi connectivity index (χ4v) is 0.260. The molecule has 0 spiro atoms. The standard InChI is InChI=1S/C5H10N2O/c1-3-7(2)5(6)4-8/h4,6H,3H2,1-2H3. The predicted octanol–water partition coefficient (Wildman–Crippen LogP) is 0.114. The Balaban J connectivity index is 3.62. The van der Waals surface area contributed by atoms with E-state index in [1.807, 2.05) is 6.92 Å². The summed E-state index contributed by atoms with van der Waals surface area (Å²) in [4.78, 5) is 11.4. The Bertz CT molecular complexity index is 101. The van der Waals surface area contributed by atoms with E-state index in [4.69, 9.17) is 5.41 Å². The number of amidine groups is 1. The summed E-state index contributed by atoms with van der Waals surface area (Å²) in [6.07, 6.45) is 0.531. The van der Waals surface area contributed by atoms with Gasteiger partial charge < -0.3 is 4.90 Å². The molecule has 8 heavy (non-hydrogen) atoms. The third kappa shape index (κ3) is 1.73. The van der Waals surface area contributed by atoms with Crippen LogP contribution in [0.5, 0.6) is 0 Å². The lowest BCUT2D eigenvalue weighted by Gasteiger charge is -2.11. The van der Waals surface area contributed by atoms with Gasteiger partial charge in [-0.25, -0.2) is 0 Å². The van der Waals surface area contributed by atoms with Gasteiger partial charge in [-0.3, -0.25) is 10.2 Å². The van der Waals surface area contributed by atoms with Crippen molar-refractivity contribution in [3.8, 4) is 0 Å². The predicted molar refractivity (Wildman–Crippen MR) is 32.1 cm³/mol. The van der Waals surface area contributed by atoms with E-state index < -0.39 is 0 Å². The van der Waals surface area contributed by atoms with Crippen LogP contribution in [-0.4, -0.2) is 30.6 Å². The average Bonchev–Trinajstić information content (AvgIpc) is 1.84. The first-order valence-corrected chi connectivity index (χ1v) is 2.47. The SMILES string of the molecule is CCN(C)C(=N)C=O. The van der Waals surface area contributed by atoms with Crippen molar-refractivity contribution in [3.05, 3.63) is 0 Å². The molecule has 0 aliphatic rings. The first-order valence-electron chi connectivity index (χ1n) is 2.47. The van der Waals surface area contributed by atoms with Gasteiger partial charge in [0.05, 0.1) is 0 Å². The Morgan fingerprint density at radius 3 is 2.50 bits per heavy atom. The molecule has 1 N–H and O–H groups in total. The van der Waals surface area contributed by atoms with Crippen LogP contribution in [0.2, 0.25) is 0 Å². The molecule has 0 radical (unpaired) electrons. The van der Waals surface area contributed by atoms with Gasteiger partial charge in [-0.05, 0) is 6.92 Å². The van der Waals surface area contributed by atoms with E-state index in [0.717, 1.165) is 0 Å². The highest BCUT2D eigenvalue weighted by molar-refractivity contribution is 6.25. The highest BCUT2D eigenvalue weighted by Gasteiger charge is 1.95. The fourth-order valence-electron chi connectivity index (χ4n) is 0.260. The van der Waals surface area contributed by atoms with Crippen LogP contribution in [0, 0.1) is 5.41 Å². The molecule has 0 aromatic heterocycles. The second-order valence-electron chi connectivity index (χ2n) is 1.52. The van der Waals surface area contributed by atoms with Crippen LogP contribution in [0.25, 0.3) is 0 Å². The summed E-state index contributed by atoms with van der Waals surface area (Å²) in [6.45, 7) is 2.59. The van der Waals surface area contributed by atoms with Crippen LogP contribution in [0.15, 0.2) is 0 Å². The zero-order valence-corrected chi connectivity index (χ0v) is 5.14. The van der Waals surface area contributed by atoms with E-state index in [1.165, 1.54) is 0 Å². The molecule has 3 heteroatoms. The number of hydrogen-bond donors (Lipinski definition) is 1. The van der Waals surface area contributed by atoms with Crippen LogP contribution in [-0.2, 0) is 4.79 Å². The highest BCUT2D eigenvalue weighted by atomic mass is 16.1. The van der Waals surface area contributed by atoms with Crippen LogP contribution >= 0.6 is 0 Å². The molecule has 0 bridgehead atoms. The molecule has 0 saturated carbocycles. The number of nitrogens with one attached hydrogen (secondary N) is 1. The number of carbonyl (C=O) groups excluding carboxylic acids is 1. The van der Waals surface area contributed by atoms with Gasteiger partial charge in [-0.2, -0.15) is 0 Å². The molecule has 0 aromatic carbocycles. The second-order valence-corrected chi connectivity index (χ2v) is 1.52. The topological polar surface area (TPSA) is 44.2 Å². The molecular weight excluding hydrogens is 104 g/mol. The zero-order valence-electron chi connectivity index (χ0n) is 5.14. The Morgan fingerprint density at radius 2 is 2.38 bits per heavy atom. The van der Waals surface area contributed by atoms with Crippen molar-refractivity contribution >= 4 is 12.1 Å². The summed E-state index contributed by atoms with van der Waals surface area (Å²) < 4.78 is 0. The number of aldehydes is 1. The van der Waals surface area contributed by atoms with E-state index in [2.05, 4.69) is 0 Å². The van der Waals surface area contributed by atoms with Crippen LogP contribution < -0.4 is 0 Å². The van der Waals surface area contributed by atoms with Crippen molar-refractivity contribution in [2.45, 2.75) is 6.92 Å². The molecule has 0 aromatic rings. The van der Waals surface area contributed by atoms with Gasteiger partial charge in [0, 0.05) is 13.6 Å². The molecule has 3 nitrogen and oxygen atoms in total. The maximum absolute atomic E-state index is 9.84. The summed E-state index contributed by atoms with van der Waals surface area (Å²) in [7, 11) is 1.71. The van der Waals surface area contributed by atoms with Gasteiger partial charge in [-0.1, -0.05) is 0 Å². The Labute approximate surface area is 48.8 Å². The molecule has 0 aliphatic carbocycles. The van der Waals surface area contributed by atoms with E-state index in [0.29, 0.717) is 12.8 Å². The number of hydrogen-bond acceptors (Lipinski definition) is 2. The van der Waals surface area contributed by atoms with Gasteiger partial charge in [0.1, 0.15) is 0 Å². The summed E-state index contributed by atoms with van der Waals surface area (Å²) in [6, 6.07) is 0. The van der Waals surface area contributed by atoms with Crippen molar-refractivity contribution in [2.75, 3.05) is 13.6 Å². The third-order valence-electron chi connectivity index (χ3n) is 0.997. The Hall–Kier alpha value is -0.860. The Morgan fingerprint density at radius 1 is 1.88 bits per heavy atom. The van der Waals surface area contributed by atoms with Crippen LogP contribution in [0.4, 0.5) is 0 Å². The third-order valence-corrected chi connectivity index (χ3v) is 0.997. The first-order chi connectivity index (χ1) is 3.72. The quantitative estimate of drug-likeness (QED) is 0.314. The van der Waals surface area contributed by atoms with Gasteiger partial charge in [0.25, 0.3) is 0 Å².